The molecular weight excluding hydrogens is 366 g/mol. The Morgan fingerprint density at radius 1 is 1.10 bits per heavy atom. The van der Waals surface area contributed by atoms with Crippen molar-refractivity contribution in [1.82, 2.24) is 14.9 Å². The second kappa shape index (κ2) is 6.58. The molecule has 29 heavy (non-hydrogen) atoms. The zero-order chi connectivity index (χ0) is 20.1. The molecular formula is C23H21N3O3. The summed E-state index contributed by atoms with van der Waals surface area (Å²) in [5.41, 5.74) is 2.74. The highest BCUT2D eigenvalue weighted by Crippen LogP contribution is 2.33. The van der Waals surface area contributed by atoms with E-state index in [1.165, 1.54) is 0 Å². The average Bonchev–Trinajstić information content (AvgIpc) is 3.12. The van der Waals surface area contributed by atoms with Gasteiger partial charge < -0.3 is 15.0 Å². The first-order chi connectivity index (χ1) is 14.0. The SMILES string of the molecule is CC1CCN(C(=O)c2ccc3[nH]c4c5ccccc5nc(C(=O)O)c4c3c2)CC1. The van der Waals surface area contributed by atoms with Crippen molar-refractivity contribution in [2.24, 2.45) is 5.92 Å². The third-order valence-electron chi connectivity index (χ3n) is 5.96. The predicted molar refractivity (Wildman–Crippen MR) is 112 cm³/mol. The maximum Gasteiger partial charge on any atom is 0.355 e. The zero-order valence-electron chi connectivity index (χ0n) is 16.1. The molecule has 0 aliphatic carbocycles. The van der Waals surface area contributed by atoms with Crippen LogP contribution < -0.4 is 0 Å². The lowest BCUT2D eigenvalue weighted by atomic mass is 9.98. The standard InChI is InChI=1S/C23H21N3O3/c1-13-8-10-26(11-9-13)22(27)14-6-7-18-16(12-14)19-20(24-18)15-4-2-3-5-17(15)25-21(19)23(28)29/h2-7,12-13,24H,8-11H2,1H3,(H,28,29). The Labute approximate surface area is 167 Å². The fourth-order valence-corrected chi connectivity index (χ4v) is 4.28. The average molecular weight is 387 g/mol. The van der Waals surface area contributed by atoms with Gasteiger partial charge in [-0.25, -0.2) is 9.78 Å². The highest BCUT2D eigenvalue weighted by atomic mass is 16.4. The summed E-state index contributed by atoms with van der Waals surface area (Å²) in [6.45, 7) is 3.74. The van der Waals surface area contributed by atoms with Crippen molar-refractivity contribution in [3.63, 3.8) is 0 Å². The number of carboxylic acid groups (broad SMARTS) is 1. The van der Waals surface area contributed by atoms with E-state index in [2.05, 4.69) is 16.9 Å². The van der Waals surface area contributed by atoms with Crippen LogP contribution in [0.25, 0.3) is 32.7 Å². The monoisotopic (exact) mass is 387 g/mol. The van der Waals surface area contributed by atoms with Crippen LogP contribution in [-0.2, 0) is 0 Å². The van der Waals surface area contributed by atoms with Gasteiger partial charge in [0.2, 0.25) is 0 Å². The number of hydrogen-bond acceptors (Lipinski definition) is 3. The van der Waals surface area contributed by atoms with Gasteiger partial charge in [-0.3, -0.25) is 4.79 Å². The van der Waals surface area contributed by atoms with E-state index in [9.17, 15) is 14.7 Å². The molecule has 0 atom stereocenters. The van der Waals surface area contributed by atoms with Crippen LogP contribution in [0.15, 0.2) is 42.5 Å². The summed E-state index contributed by atoms with van der Waals surface area (Å²) in [6, 6.07) is 12.9. The first kappa shape index (κ1) is 17.7. The maximum absolute atomic E-state index is 13.0. The summed E-state index contributed by atoms with van der Waals surface area (Å²) in [5, 5.41) is 11.9. The minimum atomic E-state index is -1.08. The van der Waals surface area contributed by atoms with Gasteiger partial charge in [-0.05, 0) is 43.0 Å². The van der Waals surface area contributed by atoms with E-state index in [1.807, 2.05) is 35.2 Å². The number of hydrogen-bond donors (Lipinski definition) is 2. The summed E-state index contributed by atoms with van der Waals surface area (Å²) in [6.07, 6.45) is 2.03. The lowest BCUT2D eigenvalue weighted by molar-refractivity contribution is 0.0686. The third-order valence-corrected chi connectivity index (χ3v) is 5.96. The molecule has 0 radical (unpaired) electrons. The van der Waals surface area contributed by atoms with Crippen LogP contribution in [0.1, 0.15) is 40.6 Å². The molecule has 1 amide bonds. The minimum Gasteiger partial charge on any atom is -0.476 e. The maximum atomic E-state index is 13.0. The number of aromatic amines is 1. The first-order valence-electron chi connectivity index (χ1n) is 9.89. The Morgan fingerprint density at radius 2 is 1.86 bits per heavy atom. The van der Waals surface area contributed by atoms with E-state index < -0.39 is 5.97 Å². The number of carbonyl (C=O) groups excluding carboxylic acids is 1. The molecule has 2 N–H and O–H groups in total. The normalized spacial score (nSPS) is 15.4. The molecule has 1 fully saturated rings. The van der Waals surface area contributed by atoms with Crippen LogP contribution in [-0.4, -0.2) is 44.9 Å². The van der Waals surface area contributed by atoms with E-state index >= 15 is 0 Å². The Bertz CT molecular complexity index is 1280. The number of rotatable bonds is 2. The molecule has 0 spiro atoms. The van der Waals surface area contributed by atoms with Crippen molar-refractivity contribution in [3.05, 3.63) is 53.7 Å². The summed E-state index contributed by atoms with van der Waals surface area (Å²) >= 11 is 0. The van der Waals surface area contributed by atoms with Crippen molar-refractivity contribution >= 4 is 44.6 Å². The van der Waals surface area contributed by atoms with Crippen LogP contribution in [0.5, 0.6) is 0 Å². The Morgan fingerprint density at radius 3 is 2.62 bits per heavy atom. The number of pyridine rings is 1. The lowest BCUT2D eigenvalue weighted by Gasteiger charge is -2.30. The molecule has 1 aliphatic heterocycles. The highest BCUT2D eigenvalue weighted by Gasteiger charge is 2.23. The highest BCUT2D eigenvalue weighted by molar-refractivity contribution is 6.22. The summed E-state index contributed by atoms with van der Waals surface area (Å²) in [4.78, 5) is 34.6. The predicted octanol–water partition coefficient (Wildman–Crippen LogP) is 4.44. The smallest absolute Gasteiger partial charge is 0.355 e. The second-order valence-electron chi connectivity index (χ2n) is 7.89. The molecule has 2 aromatic heterocycles. The van der Waals surface area contributed by atoms with Gasteiger partial charge in [0.05, 0.1) is 11.0 Å². The van der Waals surface area contributed by atoms with Gasteiger partial charge in [0.15, 0.2) is 5.69 Å². The third kappa shape index (κ3) is 2.83. The van der Waals surface area contributed by atoms with Crippen LogP contribution >= 0.6 is 0 Å². The Balaban J connectivity index is 1.71. The van der Waals surface area contributed by atoms with Crippen molar-refractivity contribution < 1.29 is 14.7 Å². The van der Waals surface area contributed by atoms with Gasteiger partial charge >= 0.3 is 5.97 Å². The number of nitrogens with zero attached hydrogens (tertiary/aromatic N) is 2. The largest absolute Gasteiger partial charge is 0.476 e. The molecule has 0 unspecified atom stereocenters. The van der Waals surface area contributed by atoms with Gasteiger partial charge in [-0.15, -0.1) is 0 Å². The van der Waals surface area contributed by atoms with Gasteiger partial charge in [0, 0.05) is 40.3 Å². The van der Waals surface area contributed by atoms with E-state index in [4.69, 9.17) is 0 Å². The van der Waals surface area contributed by atoms with E-state index in [-0.39, 0.29) is 11.6 Å². The fraction of sp³-hybridized carbons (Fsp3) is 0.261. The number of fused-ring (bicyclic) bond motifs is 5. The van der Waals surface area contributed by atoms with Gasteiger partial charge in [0.1, 0.15) is 0 Å². The van der Waals surface area contributed by atoms with E-state index in [1.54, 1.807) is 12.1 Å². The number of aromatic nitrogens is 2. The summed E-state index contributed by atoms with van der Waals surface area (Å²) in [5.74, 6) is -0.435. The van der Waals surface area contributed by atoms with Crippen LogP contribution in [0.3, 0.4) is 0 Å². The number of carboxylic acids is 1. The summed E-state index contributed by atoms with van der Waals surface area (Å²) < 4.78 is 0. The number of likely N-dealkylation sites (tertiary alicyclic amines) is 1. The molecule has 0 saturated carbocycles. The zero-order valence-corrected chi connectivity index (χ0v) is 16.1. The minimum absolute atomic E-state index is 0.00114. The number of para-hydroxylation sites is 1. The van der Waals surface area contributed by atoms with Crippen molar-refractivity contribution in [2.45, 2.75) is 19.8 Å². The first-order valence-corrected chi connectivity index (χ1v) is 9.89. The number of piperidine rings is 1. The molecule has 4 aromatic rings. The molecule has 1 saturated heterocycles. The fourth-order valence-electron chi connectivity index (χ4n) is 4.28. The molecule has 6 nitrogen and oxygen atoms in total. The number of amides is 1. The van der Waals surface area contributed by atoms with Crippen molar-refractivity contribution in [2.75, 3.05) is 13.1 Å². The van der Waals surface area contributed by atoms with E-state index in [0.717, 1.165) is 42.4 Å². The van der Waals surface area contributed by atoms with Crippen molar-refractivity contribution in [1.29, 1.82) is 0 Å². The number of benzene rings is 2. The number of H-pyrrole nitrogens is 1. The molecule has 1 aliphatic rings. The quantitative estimate of drug-likeness (QED) is 0.532. The van der Waals surface area contributed by atoms with Gasteiger partial charge in [-0.1, -0.05) is 25.1 Å². The van der Waals surface area contributed by atoms with Crippen molar-refractivity contribution in [3.8, 4) is 0 Å². The molecule has 2 aromatic carbocycles. The molecule has 3 heterocycles. The Hall–Kier alpha value is -3.41. The summed E-state index contributed by atoms with van der Waals surface area (Å²) in [7, 11) is 0. The molecule has 5 rings (SSSR count). The van der Waals surface area contributed by atoms with Gasteiger partial charge in [-0.2, -0.15) is 0 Å². The van der Waals surface area contributed by atoms with Crippen LogP contribution in [0, 0.1) is 5.92 Å². The van der Waals surface area contributed by atoms with E-state index in [0.29, 0.717) is 27.8 Å². The number of nitrogens with one attached hydrogen (secondary N) is 1. The molecule has 6 heteroatoms. The lowest BCUT2D eigenvalue weighted by Crippen LogP contribution is -2.37. The number of aromatic carboxylic acids is 1. The van der Waals surface area contributed by atoms with Crippen LogP contribution in [0.4, 0.5) is 0 Å². The van der Waals surface area contributed by atoms with Gasteiger partial charge in [0.25, 0.3) is 5.91 Å². The Kier molecular flexibility index (Phi) is 4.01. The second-order valence-corrected chi connectivity index (χ2v) is 7.89. The topological polar surface area (TPSA) is 86.3 Å². The number of carbonyl (C=O) groups is 2. The molecule has 0 bridgehead atoms. The van der Waals surface area contributed by atoms with Crippen LogP contribution in [0.2, 0.25) is 0 Å². The molecule has 146 valence electrons.